The number of rotatable bonds is 7. The van der Waals surface area contributed by atoms with Gasteiger partial charge in [0.15, 0.2) is 0 Å². The summed E-state index contributed by atoms with van der Waals surface area (Å²) in [5, 5.41) is 6.32. The van der Waals surface area contributed by atoms with Crippen molar-refractivity contribution in [2.75, 3.05) is 13.1 Å². The minimum absolute atomic E-state index is 0. The Morgan fingerprint density at radius 3 is 2.85 bits per heavy atom. The molecule has 150 valence electrons. The first kappa shape index (κ1) is 21.7. The van der Waals surface area contributed by atoms with E-state index in [0.29, 0.717) is 24.6 Å². The summed E-state index contributed by atoms with van der Waals surface area (Å²) in [6.45, 7) is 3.62. The Hall–Kier alpha value is -1.64. The van der Waals surface area contributed by atoms with Crippen LogP contribution in [0.4, 0.5) is 0 Å². The summed E-state index contributed by atoms with van der Waals surface area (Å²) >= 11 is 0. The summed E-state index contributed by atoms with van der Waals surface area (Å²) in [4.78, 5) is 17.3. The van der Waals surface area contributed by atoms with Crippen LogP contribution in [-0.2, 0) is 14.8 Å². The number of hydrogen-bond donors (Lipinski definition) is 3. The largest absolute Gasteiger partial charge is 0.353 e. The lowest BCUT2D eigenvalue weighted by molar-refractivity contribution is -0.122. The molecule has 9 heteroatoms. The zero-order valence-electron chi connectivity index (χ0n) is 15.4. The van der Waals surface area contributed by atoms with Crippen LogP contribution in [0.5, 0.6) is 0 Å². The fraction of sp³-hybridized carbons (Fsp3) is 0.556. The Morgan fingerprint density at radius 1 is 1.37 bits per heavy atom. The number of benzene rings is 1. The summed E-state index contributed by atoms with van der Waals surface area (Å²) in [6, 6.07) is 6.42. The molecular formula is C18H27ClN4O3S. The second-order valence-corrected chi connectivity index (χ2v) is 8.43. The lowest BCUT2D eigenvalue weighted by Crippen LogP contribution is -2.42. The maximum absolute atomic E-state index is 12.6. The predicted octanol–water partition coefficient (Wildman–Crippen LogP) is 1.57. The van der Waals surface area contributed by atoms with Crippen LogP contribution in [0.1, 0.15) is 44.6 Å². The van der Waals surface area contributed by atoms with E-state index < -0.39 is 16.1 Å². The summed E-state index contributed by atoms with van der Waals surface area (Å²) in [5.74, 6) is 0.110. The second-order valence-electron chi connectivity index (χ2n) is 6.78. The molecule has 0 aromatic heterocycles. The van der Waals surface area contributed by atoms with Crippen LogP contribution in [-0.4, -0.2) is 45.3 Å². The van der Waals surface area contributed by atoms with Crippen molar-refractivity contribution in [3.63, 3.8) is 0 Å². The van der Waals surface area contributed by atoms with Crippen molar-refractivity contribution in [1.82, 2.24) is 15.4 Å². The van der Waals surface area contributed by atoms with Gasteiger partial charge in [0.05, 0.1) is 4.90 Å². The minimum Gasteiger partial charge on any atom is -0.353 e. The molecule has 0 spiro atoms. The number of hydrogen-bond acceptors (Lipinski definition) is 5. The van der Waals surface area contributed by atoms with Crippen LogP contribution in [0.3, 0.4) is 0 Å². The van der Waals surface area contributed by atoms with Crippen LogP contribution in [0, 0.1) is 0 Å². The number of carbonyl (C=O) groups is 1. The molecule has 1 aromatic rings. The van der Waals surface area contributed by atoms with Crippen molar-refractivity contribution >= 4 is 34.2 Å². The lowest BCUT2D eigenvalue weighted by Gasteiger charge is -2.16. The van der Waals surface area contributed by atoms with Crippen molar-refractivity contribution in [1.29, 1.82) is 0 Å². The van der Waals surface area contributed by atoms with Crippen molar-refractivity contribution in [3.8, 4) is 0 Å². The number of aliphatic imine (C=N–C) groups is 1. The Kier molecular flexibility index (Phi) is 7.64. The first-order chi connectivity index (χ1) is 12.5. The highest BCUT2D eigenvalue weighted by atomic mass is 35.5. The fourth-order valence-electron chi connectivity index (χ4n) is 3.31. The average Bonchev–Trinajstić information content (AvgIpc) is 3.23. The van der Waals surface area contributed by atoms with Crippen LogP contribution in [0.25, 0.3) is 0 Å². The molecule has 3 rings (SSSR count). The molecule has 2 aliphatic heterocycles. The molecule has 1 fully saturated rings. The molecule has 1 amide bonds. The standard InChI is InChI=1S/C18H26N4O3S.ClH/c1-2-3-9-15(18(23)20-12-13-7-6-11-19-13)21-17-14-8-4-5-10-16(14)26(24,25)22-17;/h4-5,8,10,13,15,19H,2-3,6-7,9,11-12H2,1H3,(H,20,23)(H,21,22);1H. The maximum atomic E-state index is 12.6. The van der Waals surface area contributed by atoms with E-state index in [9.17, 15) is 13.2 Å². The number of halogens is 1. The zero-order valence-corrected chi connectivity index (χ0v) is 17.0. The molecule has 2 aliphatic rings. The second kappa shape index (κ2) is 9.52. The number of unbranched alkanes of at least 4 members (excludes halogenated alkanes) is 1. The quantitative estimate of drug-likeness (QED) is 0.630. The van der Waals surface area contributed by atoms with Crippen LogP contribution in [0.2, 0.25) is 0 Å². The predicted molar refractivity (Wildman–Crippen MR) is 108 cm³/mol. The first-order valence-electron chi connectivity index (χ1n) is 9.22. The third-order valence-corrected chi connectivity index (χ3v) is 6.16. The van der Waals surface area contributed by atoms with Gasteiger partial charge in [-0.3, -0.25) is 14.5 Å². The van der Waals surface area contributed by atoms with Gasteiger partial charge in [-0.2, -0.15) is 0 Å². The molecule has 0 saturated carbocycles. The molecule has 0 radical (unpaired) electrons. The van der Waals surface area contributed by atoms with Crippen molar-refractivity contribution in [2.45, 2.75) is 56.0 Å². The van der Waals surface area contributed by atoms with E-state index in [1.807, 2.05) is 0 Å². The Balaban J connectivity index is 0.00000261. The van der Waals surface area contributed by atoms with E-state index in [1.54, 1.807) is 24.3 Å². The van der Waals surface area contributed by atoms with Gasteiger partial charge >= 0.3 is 0 Å². The van der Waals surface area contributed by atoms with E-state index in [0.717, 1.165) is 32.2 Å². The number of nitrogens with zero attached hydrogens (tertiary/aromatic N) is 1. The summed E-state index contributed by atoms with van der Waals surface area (Å²) in [5.41, 5.74) is 0.527. The first-order valence-corrected chi connectivity index (χ1v) is 10.7. The minimum atomic E-state index is -3.59. The van der Waals surface area contributed by atoms with Gasteiger partial charge in [-0.05, 0) is 37.9 Å². The molecule has 0 bridgehead atoms. The smallest absolute Gasteiger partial charge is 0.263 e. The van der Waals surface area contributed by atoms with Crippen molar-refractivity contribution in [3.05, 3.63) is 29.8 Å². The Morgan fingerprint density at radius 2 is 2.15 bits per heavy atom. The van der Waals surface area contributed by atoms with E-state index in [4.69, 9.17) is 0 Å². The fourth-order valence-corrected chi connectivity index (χ4v) is 4.55. The summed E-state index contributed by atoms with van der Waals surface area (Å²) in [6.07, 6.45) is 4.57. The van der Waals surface area contributed by atoms with Crippen molar-refractivity contribution in [2.24, 2.45) is 4.99 Å². The number of amides is 1. The third kappa shape index (κ3) is 5.21. The molecule has 3 N–H and O–H groups in total. The van der Waals surface area contributed by atoms with Gasteiger partial charge in [-0.25, -0.2) is 8.42 Å². The van der Waals surface area contributed by atoms with Gasteiger partial charge < -0.3 is 10.6 Å². The molecule has 2 heterocycles. The highest BCUT2D eigenvalue weighted by Crippen LogP contribution is 2.23. The van der Waals surface area contributed by atoms with Crippen molar-refractivity contribution < 1.29 is 13.2 Å². The molecule has 7 nitrogen and oxygen atoms in total. The topological polar surface area (TPSA) is 99.7 Å². The normalized spacial score (nSPS) is 22.6. The maximum Gasteiger partial charge on any atom is 0.263 e. The third-order valence-electron chi connectivity index (χ3n) is 4.77. The van der Waals surface area contributed by atoms with E-state index in [-0.39, 0.29) is 29.0 Å². The number of carbonyl (C=O) groups excluding carboxylic acids is 1. The van der Waals surface area contributed by atoms with Crippen LogP contribution < -0.4 is 15.4 Å². The Bertz CT molecular complexity index is 792. The number of nitrogens with one attached hydrogen (secondary N) is 3. The zero-order chi connectivity index (χ0) is 18.6. The SMILES string of the molecule is CCCCC(N=C1NS(=O)(=O)c2ccccc21)C(=O)NCC1CCCN1.Cl. The highest BCUT2D eigenvalue weighted by molar-refractivity contribution is 7.90. The molecule has 27 heavy (non-hydrogen) atoms. The van der Waals surface area contributed by atoms with E-state index >= 15 is 0 Å². The van der Waals surface area contributed by atoms with Gasteiger partial charge in [0.1, 0.15) is 11.9 Å². The van der Waals surface area contributed by atoms with E-state index in [2.05, 4.69) is 27.3 Å². The summed E-state index contributed by atoms with van der Waals surface area (Å²) < 4.78 is 26.9. The highest BCUT2D eigenvalue weighted by Gasteiger charge is 2.31. The average molecular weight is 415 g/mol. The van der Waals surface area contributed by atoms with E-state index in [1.165, 1.54) is 0 Å². The molecular weight excluding hydrogens is 388 g/mol. The molecule has 1 saturated heterocycles. The molecule has 0 aliphatic carbocycles. The van der Waals surface area contributed by atoms with Gasteiger partial charge in [0, 0.05) is 18.2 Å². The number of amidine groups is 1. The monoisotopic (exact) mass is 414 g/mol. The molecule has 2 unspecified atom stereocenters. The lowest BCUT2D eigenvalue weighted by atomic mass is 10.1. The van der Waals surface area contributed by atoms with Crippen LogP contribution >= 0.6 is 12.4 Å². The Labute approximate surface area is 166 Å². The van der Waals surface area contributed by atoms with Crippen LogP contribution in [0.15, 0.2) is 34.2 Å². The molecule has 1 aromatic carbocycles. The number of fused-ring (bicyclic) bond motifs is 1. The van der Waals surface area contributed by atoms with Gasteiger partial charge in [0.25, 0.3) is 10.0 Å². The molecule has 2 atom stereocenters. The number of sulfonamides is 1. The van der Waals surface area contributed by atoms with Gasteiger partial charge in [-0.1, -0.05) is 31.9 Å². The van der Waals surface area contributed by atoms with Gasteiger partial charge in [-0.15, -0.1) is 12.4 Å². The van der Waals surface area contributed by atoms with Gasteiger partial charge in [0.2, 0.25) is 5.91 Å². The summed E-state index contributed by atoms with van der Waals surface area (Å²) in [7, 11) is -3.59.